The Labute approximate surface area is 124 Å². The van der Waals surface area contributed by atoms with Crippen molar-refractivity contribution in [3.05, 3.63) is 34.1 Å². The van der Waals surface area contributed by atoms with Crippen molar-refractivity contribution >= 4 is 15.9 Å². The van der Waals surface area contributed by atoms with E-state index in [9.17, 15) is 4.39 Å². The lowest BCUT2D eigenvalue weighted by atomic mass is 10.0. The molecule has 0 aliphatic heterocycles. The maximum Gasteiger partial charge on any atom is 0.137 e. The molecule has 108 valence electrons. The molecule has 0 aliphatic carbocycles. The van der Waals surface area contributed by atoms with Gasteiger partial charge in [0.25, 0.3) is 0 Å². The van der Waals surface area contributed by atoms with E-state index in [4.69, 9.17) is 5.73 Å². The Morgan fingerprint density at radius 2 is 1.89 bits per heavy atom. The molecule has 0 radical (unpaired) electrons. The Hall–Kier alpha value is -0.450. The van der Waals surface area contributed by atoms with Crippen LogP contribution in [0.5, 0.6) is 0 Å². The molecule has 1 aromatic rings. The number of halogens is 2. The van der Waals surface area contributed by atoms with Crippen molar-refractivity contribution < 1.29 is 4.39 Å². The second-order valence-electron chi connectivity index (χ2n) is 5.61. The molecule has 2 N–H and O–H groups in total. The third kappa shape index (κ3) is 4.55. The molecule has 0 aliphatic rings. The highest BCUT2D eigenvalue weighted by molar-refractivity contribution is 9.10. The first-order chi connectivity index (χ1) is 8.86. The molecule has 0 saturated carbocycles. The summed E-state index contributed by atoms with van der Waals surface area (Å²) in [6.07, 6.45) is 0. The zero-order chi connectivity index (χ0) is 14.6. The fourth-order valence-electron chi connectivity index (χ4n) is 2.30. The molecule has 1 unspecified atom stereocenters. The number of nitrogens with two attached hydrogens (primary N) is 1. The average molecular weight is 331 g/mol. The van der Waals surface area contributed by atoms with Gasteiger partial charge in [-0.15, -0.1) is 0 Å². The van der Waals surface area contributed by atoms with Gasteiger partial charge in [-0.05, 0) is 53.4 Å². The number of nitrogens with zero attached hydrogens (tertiary/aromatic N) is 1. The van der Waals surface area contributed by atoms with Crippen molar-refractivity contribution in [1.29, 1.82) is 0 Å². The zero-order valence-corrected chi connectivity index (χ0v) is 13.7. The van der Waals surface area contributed by atoms with E-state index in [1.54, 1.807) is 12.1 Å². The Morgan fingerprint density at radius 1 is 1.26 bits per heavy atom. The van der Waals surface area contributed by atoms with Crippen molar-refractivity contribution in [2.24, 2.45) is 11.7 Å². The summed E-state index contributed by atoms with van der Waals surface area (Å²) in [6, 6.07) is 5.71. The molecule has 0 amide bonds. The molecule has 0 spiro atoms. The molecule has 0 bridgehead atoms. The number of rotatable bonds is 6. The quantitative estimate of drug-likeness (QED) is 0.855. The highest BCUT2D eigenvalue weighted by Gasteiger charge is 2.23. The fourth-order valence-corrected chi connectivity index (χ4v) is 2.55. The van der Waals surface area contributed by atoms with Gasteiger partial charge in [-0.3, -0.25) is 4.90 Å². The maximum absolute atomic E-state index is 13.7. The molecular formula is C15H24BrFN2. The van der Waals surface area contributed by atoms with Crippen LogP contribution in [0.3, 0.4) is 0 Å². The second kappa shape index (κ2) is 7.36. The third-order valence-corrected chi connectivity index (χ3v) is 3.83. The van der Waals surface area contributed by atoms with E-state index in [0.29, 0.717) is 23.0 Å². The van der Waals surface area contributed by atoms with Gasteiger partial charge in [0.1, 0.15) is 5.82 Å². The Balaban J connectivity index is 3.04. The van der Waals surface area contributed by atoms with E-state index in [0.717, 1.165) is 12.1 Å². The molecule has 19 heavy (non-hydrogen) atoms. The predicted molar refractivity (Wildman–Crippen MR) is 82.6 cm³/mol. The average Bonchev–Trinajstić information content (AvgIpc) is 2.32. The maximum atomic E-state index is 13.7. The van der Waals surface area contributed by atoms with Crippen LogP contribution in [0, 0.1) is 11.7 Å². The summed E-state index contributed by atoms with van der Waals surface area (Å²) in [7, 11) is 0. The lowest BCUT2D eigenvalue weighted by Crippen LogP contribution is -2.40. The van der Waals surface area contributed by atoms with Crippen LogP contribution in [0.15, 0.2) is 22.7 Å². The molecule has 1 atom stereocenters. The molecule has 0 saturated heterocycles. The Bertz CT molecular complexity index is 407. The summed E-state index contributed by atoms with van der Waals surface area (Å²) in [4.78, 5) is 2.34. The van der Waals surface area contributed by atoms with Crippen LogP contribution >= 0.6 is 15.9 Å². The highest BCUT2D eigenvalue weighted by Crippen LogP contribution is 2.26. The first kappa shape index (κ1) is 16.6. The van der Waals surface area contributed by atoms with Crippen molar-refractivity contribution in [1.82, 2.24) is 4.90 Å². The van der Waals surface area contributed by atoms with Crippen molar-refractivity contribution in [2.75, 3.05) is 13.1 Å². The van der Waals surface area contributed by atoms with E-state index < -0.39 is 0 Å². The summed E-state index contributed by atoms with van der Waals surface area (Å²) >= 11 is 3.19. The van der Waals surface area contributed by atoms with E-state index in [2.05, 4.69) is 48.5 Å². The fraction of sp³-hybridized carbons (Fsp3) is 0.600. The topological polar surface area (TPSA) is 29.3 Å². The van der Waals surface area contributed by atoms with Gasteiger partial charge in [0.15, 0.2) is 0 Å². The van der Waals surface area contributed by atoms with Crippen LogP contribution in [0.25, 0.3) is 0 Å². The second-order valence-corrected chi connectivity index (χ2v) is 6.46. The summed E-state index contributed by atoms with van der Waals surface area (Å²) < 4.78 is 14.2. The number of benzene rings is 1. The summed E-state index contributed by atoms with van der Waals surface area (Å²) in [5, 5.41) is 0. The van der Waals surface area contributed by atoms with E-state index in [1.165, 1.54) is 0 Å². The molecule has 0 fully saturated rings. The van der Waals surface area contributed by atoms with Crippen molar-refractivity contribution in [2.45, 2.75) is 39.8 Å². The minimum Gasteiger partial charge on any atom is -0.329 e. The Kier molecular flexibility index (Phi) is 6.43. The molecule has 1 aromatic carbocycles. The zero-order valence-electron chi connectivity index (χ0n) is 12.2. The van der Waals surface area contributed by atoms with Crippen LogP contribution in [-0.2, 0) is 0 Å². The lowest BCUT2D eigenvalue weighted by molar-refractivity contribution is 0.138. The molecule has 0 aromatic heterocycles. The highest BCUT2D eigenvalue weighted by atomic mass is 79.9. The van der Waals surface area contributed by atoms with E-state index >= 15 is 0 Å². The van der Waals surface area contributed by atoms with Gasteiger partial charge in [-0.1, -0.05) is 19.9 Å². The van der Waals surface area contributed by atoms with E-state index in [-0.39, 0.29) is 11.9 Å². The smallest absolute Gasteiger partial charge is 0.137 e. The molecular weight excluding hydrogens is 307 g/mol. The van der Waals surface area contributed by atoms with Crippen LogP contribution < -0.4 is 5.73 Å². The molecule has 4 heteroatoms. The molecule has 2 nitrogen and oxygen atoms in total. The van der Waals surface area contributed by atoms with E-state index in [1.807, 2.05) is 6.07 Å². The van der Waals surface area contributed by atoms with Gasteiger partial charge in [0.2, 0.25) is 0 Å². The summed E-state index contributed by atoms with van der Waals surface area (Å²) in [6.45, 7) is 10.1. The van der Waals surface area contributed by atoms with Gasteiger partial charge < -0.3 is 5.73 Å². The Morgan fingerprint density at radius 3 is 2.32 bits per heavy atom. The molecule has 0 heterocycles. The largest absolute Gasteiger partial charge is 0.329 e. The lowest BCUT2D eigenvalue weighted by Gasteiger charge is -2.36. The molecule has 1 rings (SSSR count). The van der Waals surface area contributed by atoms with Crippen LogP contribution in [0.4, 0.5) is 4.39 Å². The third-order valence-electron chi connectivity index (χ3n) is 3.19. The van der Waals surface area contributed by atoms with Crippen LogP contribution in [-0.4, -0.2) is 24.0 Å². The predicted octanol–water partition coefficient (Wildman–Crippen LogP) is 3.95. The van der Waals surface area contributed by atoms with Crippen molar-refractivity contribution in [3.8, 4) is 0 Å². The first-order valence-corrected chi connectivity index (χ1v) is 7.56. The standard InChI is InChI=1S/C15H24BrFN2/c1-10(2)9-19(11(3)4)15(8-18)12-5-6-13(16)14(17)7-12/h5-7,10-11,15H,8-9,18H2,1-4H3. The van der Waals surface area contributed by atoms with Gasteiger partial charge >= 0.3 is 0 Å². The normalized spacial score (nSPS) is 13.6. The van der Waals surface area contributed by atoms with Crippen LogP contribution in [0.2, 0.25) is 0 Å². The van der Waals surface area contributed by atoms with Gasteiger partial charge in [0.05, 0.1) is 4.47 Å². The van der Waals surface area contributed by atoms with Gasteiger partial charge in [-0.2, -0.15) is 0 Å². The SMILES string of the molecule is CC(C)CN(C(C)C)C(CN)c1ccc(Br)c(F)c1. The minimum atomic E-state index is -0.232. The number of hydrogen-bond acceptors (Lipinski definition) is 2. The first-order valence-electron chi connectivity index (χ1n) is 6.77. The summed E-state index contributed by atoms with van der Waals surface area (Å²) in [5.74, 6) is 0.320. The van der Waals surface area contributed by atoms with Crippen LogP contribution in [0.1, 0.15) is 39.3 Å². The minimum absolute atomic E-state index is 0.0602. The summed E-state index contributed by atoms with van der Waals surface area (Å²) in [5.41, 5.74) is 6.87. The van der Waals surface area contributed by atoms with Gasteiger partial charge in [-0.25, -0.2) is 4.39 Å². The van der Waals surface area contributed by atoms with Gasteiger partial charge in [0, 0.05) is 25.2 Å². The monoisotopic (exact) mass is 330 g/mol. The van der Waals surface area contributed by atoms with Crippen molar-refractivity contribution in [3.63, 3.8) is 0 Å². The number of hydrogen-bond donors (Lipinski definition) is 1.